The first kappa shape index (κ1) is 33.7. The molecule has 2 heterocycles. The Hall–Kier alpha value is -4.61. The highest BCUT2D eigenvalue weighted by Crippen LogP contribution is 2.33. The van der Waals surface area contributed by atoms with Gasteiger partial charge in [0.1, 0.15) is 13.2 Å². The van der Waals surface area contributed by atoms with E-state index in [9.17, 15) is 14.4 Å². The molecular formula is C36H45N5O6. The Bertz CT molecular complexity index is 1530. The summed E-state index contributed by atoms with van der Waals surface area (Å²) < 4.78 is 16.8. The summed E-state index contributed by atoms with van der Waals surface area (Å²) in [4.78, 5) is 43.4. The molecular weight excluding hydrogens is 598 g/mol. The maximum absolute atomic E-state index is 13.5. The molecule has 0 atom stereocenters. The molecule has 0 radical (unpaired) electrons. The van der Waals surface area contributed by atoms with E-state index in [4.69, 9.17) is 14.2 Å². The molecule has 2 aliphatic heterocycles. The van der Waals surface area contributed by atoms with Gasteiger partial charge in [0.25, 0.3) is 5.91 Å². The standard InChI is InChI=1S/C36H45N5O6/c1-36(2,3)24-33(42)38-29-7-4-5-8-30(29)39-34(43)27-11-9-26(10-12-27)25-41(16-6-15-40-17-19-45-20-18-40)35(44)37-28-13-14-31-32(23-28)47-22-21-46-31/h4-5,7-14,23H,6,15-22,24-25H2,1-3H3,(H,37,44)(H,38,42)(H,39,43). The van der Waals surface area contributed by atoms with Gasteiger partial charge >= 0.3 is 6.03 Å². The second-order valence-corrected chi connectivity index (χ2v) is 13.0. The van der Waals surface area contributed by atoms with Crippen LogP contribution in [-0.4, -0.2) is 80.3 Å². The molecule has 2 aliphatic rings. The van der Waals surface area contributed by atoms with Gasteiger partial charge in [-0.3, -0.25) is 14.5 Å². The van der Waals surface area contributed by atoms with Crippen LogP contribution >= 0.6 is 0 Å². The zero-order valence-corrected chi connectivity index (χ0v) is 27.5. The fourth-order valence-corrected chi connectivity index (χ4v) is 5.44. The highest BCUT2D eigenvalue weighted by atomic mass is 16.6. The van der Waals surface area contributed by atoms with Crippen LogP contribution in [0.4, 0.5) is 21.9 Å². The fourth-order valence-electron chi connectivity index (χ4n) is 5.44. The Morgan fingerprint density at radius 3 is 2.19 bits per heavy atom. The lowest BCUT2D eigenvalue weighted by Gasteiger charge is -2.28. The van der Waals surface area contributed by atoms with Crippen molar-refractivity contribution in [1.82, 2.24) is 9.80 Å². The predicted octanol–water partition coefficient (Wildman–Crippen LogP) is 5.84. The van der Waals surface area contributed by atoms with E-state index in [0.29, 0.717) is 66.8 Å². The molecule has 47 heavy (non-hydrogen) atoms. The molecule has 3 aromatic carbocycles. The van der Waals surface area contributed by atoms with E-state index in [2.05, 4.69) is 20.9 Å². The topological polar surface area (TPSA) is 121 Å². The number of anilines is 3. The summed E-state index contributed by atoms with van der Waals surface area (Å²) in [5.41, 5.74) is 2.88. The number of urea groups is 1. The number of morpholine rings is 1. The van der Waals surface area contributed by atoms with Gasteiger partial charge in [0.05, 0.1) is 24.6 Å². The second kappa shape index (κ2) is 15.8. The molecule has 0 aromatic heterocycles. The van der Waals surface area contributed by atoms with E-state index >= 15 is 0 Å². The maximum Gasteiger partial charge on any atom is 0.322 e. The molecule has 250 valence electrons. The number of nitrogens with zero attached hydrogens (tertiary/aromatic N) is 2. The number of fused-ring (bicyclic) bond motifs is 1. The predicted molar refractivity (Wildman–Crippen MR) is 182 cm³/mol. The minimum Gasteiger partial charge on any atom is -0.486 e. The van der Waals surface area contributed by atoms with Gasteiger partial charge in [-0.05, 0) is 53.8 Å². The lowest BCUT2D eigenvalue weighted by Crippen LogP contribution is -2.40. The number of nitrogens with one attached hydrogen (secondary N) is 3. The number of benzene rings is 3. The Labute approximate surface area is 276 Å². The average Bonchev–Trinajstić information content (AvgIpc) is 3.05. The van der Waals surface area contributed by atoms with Gasteiger partial charge in [-0.15, -0.1) is 0 Å². The van der Waals surface area contributed by atoms with Crippen LogP contribution in [0.1, 0.15) is 49.5 Å². The van der Waals surface area contributed by atoms with Crippen LogP contribution in [0, 0.1) is 5.41 Å². The summed E-state index contributed by atoms with van der Waals surface area (Å²) in [5, 5.41) is 8.85. The minimum absolute atomic E-state index is 0.115. The van der Waals surface area contributed by atoms with Crippen LogP contribution in [0.3, 0.4) is 0 Å². The zero-order chi connectivity index (χ0) is 33.2. The Kier molecular flexibility index (Phi) is 11.3. The summed E-state index contributed by atoms with van der Waals surface area (Å²) in [6.07, 6.45) is 1.16. The fraction of sp³-hybridized carbons (Fsp3) is 0.417. The van der Waals surface area contributed by atoms with Gasteiger partial charge in [0.15, 0.2) is 11.5 Å². The van der Waals surface area contributed by atoms with E-state index in [-0.39, 0.29) is 23.3 Å². The van der Waals surface area contributed by atoms with Gasteiger partial charge in [0.2, 0.25) is 5.91 Å². The second-order valence-electron chi connectivity index (χ2n) is 13.0. The van der Waals surface area contributed by atoms with Crippen LogP contribution in [0.2, 0.25) is 0 Å². The highest BCUT2D eigenvalue weighted by molar-refractivity contribution is 6.07. The third-order valence-corrected chi connectivity index (χ3v) is 7.82. The minimum atomic E-state index is -0.298. The highest BCUT2D eigenvalue weighted by Gasteiger charge is 2.20. The molecule has 0 bridgehead atoms. The Morgan fingerprint density at radius 1 is 0.809 bits per heavy atom. The summed E-state index contributed by atoms with van der Waals surface area (Å²) in [7, 11) is 0. The number of rotatable bonds is 11. The molecule has 5 rings (SSSR count). The van der Waals surface area contributed by atoms with E-state index in [1.807, 2.05) is 45.0 Å². The van der Waals surface area contributed by atoms with E-state index in [1.54, 1.807) is 47.4 Å². The molecule has 0 unspecified atom stereocenters. The molecule has 0 aliphatic carbocycles. The van der Waals surface area contributed by atoms with Crippen molar-refractivity contribution in [2.45, 2.75) is 40.2 Å². The molecule has 1 saturated heterocycles. The molecule has 0 spiro atoms. The first-order chi connectivity index (χ1) is 22.6. The lowest BCUT2D eigenvalue weighted by molar-refractivity contribution is -0.117. The van der Waals surface area contributed by atoms with E-state index in [1.165, 1.54) is 0 Å². The van der Waals surface area contributed by atoms with Crippen LogP contribution in [0.25, 0.3) is 0 Å². The largest absolute Gasteiger partial charge is 0.486 e. The van der Waals surface area contributed by atoms with E-state index in [0.717, 1.165) is 44.8 Å². The van der Waals surface area contributed by atoms with E-state index < -0.39 is 0 Å². The lowest BCUT2D eigenvalue weighted by atomic mass is 9.92. The Morgan fingerprint density at radius 2 is 1.49 bits per heavy atom. The van der Waals surface area contributed by atoms with Crippen molar-refractivity contribution < 1.29 is 28.6 Å². The van der Waals surface area contributed by atoms with Crippen molar-refractivity contribution >= 4 is 34.9 Å². The number of ether oxygens (including phenoxy) is 3. The number of hydrogen-bond donors (Lipinski definition) is 3. The van der Waals surface area contributed by atoms with Gasteiger partial charge in [-0.2, -0.15) is 0 Å². The van der Waals surface area contributed by atoms with Gasteiger partial charge < -0.3 is 35.1 Å². The smallest absolute Gasteiger partial charge is 0.322 e. The molecule has 4 amide bonds. The molecule has 11 heteroatoms. The zero-order valence-electron chi connectivity index (χ0n) is 27.5. The third-order valence-electron chi connectivity index (χ3n) is 7.82. The maximum atomic E-state index is 13.5. The summed E-state index contributed by atoms with van der Waals surface area (Å²) >= 11 is 0. The number of carbonyl (C=O) groups is 3. The number of carbonyl (C=O) groups excluding carboxylic acids is 3. The molecule has 11 nitrogen and oxygen atoms in total. The van der Waals surface area contributed by atoms with Gasteiger partial charge in [0, 0.05) is 56.5 Å². The molecule has 0 saturated carbocycles. The summed E-state index contributed by atoms with van der Waals surface area (Å²) in [6, 6.07) is 19.5. The number of amides is 4. The van der Waals surface area contributed by atoms with Crippen molar-refractivity contribution in [2.75, 3.05) is 68.6 Å². The number of hydrogen-bond acceptors (Lipinski definition) is 7. The SMILES string of the molecule is CC(C)(C)CC(=O)Nc1ccccc1NC(=O)c1ccc(CN(CCCN2CCOCC2)C(=O)Nc2ccc3c(c2)OCCO3)cc1. The molecule has 1 fully saturated rings. The summed E-state index contributed by atoms with van der Waals surface area (Å²) in [5.74, 6) is 0.857. The quantitative estimate of drug-likeness (QED) is 0.240. The molecule has 3 N–H and O–H groups in total. The van der Waals surface area contributed by atoms with Crippen LogP contribution < -0.4 is 25.4 Å². The van der Waals surface area contributed by atoms with Gasteiger partial charge in [-0.1, -0.05) is 45.0 Å². The first-order valence-electron chi connectivity index (χ1n) is 16.2. The van der Waals surface area contributed by atoms with Crippen LogP contribution in [0.15, 0.2) is 66.7 Å². The third kappa shape index (κ3) is 10.2. The number of para-hydroxylation sites is 2. The van der Waals surface area contributed by atoms with Crippen LogP contribution in [0.5, 0.6) is 11.5 Å². The Balaban J connectivity index is 1.23. The van der Waals surface area contributed by atoms with Gasteiger partial charge in [-0.25, -0.2) is 4.79 Å². The van der Waals surface area contributed by atoms with Crippen LogP contribution in [-0.2, 0) is 16.1 Å². The summed E-state index contributed by atoms with van der Waals surface area (Å²) in [6.45, 7) is 12.0. The average molecular weight is 644 g/mol. The van der Waals surface area contributed by atoms with Crippen molar-refractivity contribution in [1.29, 1.82) is 0 Å². The van der Waals surface area contributed by atoms with Crippen molar-refractivity contribution in [3.63, 3.8) is 0 Å². The monoisotopic (exact) mass is 643 g/mol. The molecule has 3 aromatic rings. The van der Waals surface area contributed by atoms with Crippen molar-refractivity contribution in [3.05, 3.63) is 77.9 Å². The van der Waals surface area contributed by atoms with Crippen molar-refractivity contribution in [2.24, 2.45) is 5.41 Å². The first-order valence-corrected chi connectivity index (χ1v) is 16.2. The normalized spacial score (nSPS) is 14.6. The van der Waals surface area contributed by atoms with Crippen molar-refractivity contribution in [3.8, 4) is 11.5 Å².